The molecule has 0 saturated heterocycles. The second kappa shape index (κ2) is 8.64. The molecule has 0 atom stereocenters. The first-order chi connectivity index (χ1) is 13.1. The molecule has 0 aliphatic carbocycles. The smallest absolute Gasteiger partial charge is 0.270 e. The van der Waals surface area contributed by atoms with E-state index in [2.05, 4.69) is 10.3 Å². The van der Waals surface area contributed by atoms with Crippen LogP contribution in [0.25, 0.3) is 10.6 Å². The number of amides is 1. The molecule has 0 fully saturated rings. The lowest BCUT2D eigenvalue weighted by Gasteiger charge is -2.10. The Balaban J connectivity index is 1.68. The zero-order valence-corrected chi connectivity index (χ0v) is 15.8. The number of aromatic nitrogens is 1. The van der Waals surface area contributed by atoms with Gasteiger partial charge in [-0.05, 0) is 36.2 Å². The number of nitrogens with one attached hydrogen (secondary N) is 1. The van der Waals surface area contributed by atoms with Gasteiger partial charge in [-0.2, -0.15) is 0 Å². The van der Waals surface area contributed by atoms with Gasteiger partial charge in [-0.15, -0.1) is 11.3 Å². The largest absolute Gasteiger partial charge is 0.493 e. The number of halogens is 1. The minimum Gasteiger partial charge on any atom is -0.493 e. The molecule has 5 nitrogen and oxygen atoms in total. The molecule has 0 aliphatic heterocycles. The van der Waals surface area contributed by atoms with E-state index >= 15 is 0 Å². The Kier molecular flexibility index (Phi) is 6.03. The molecule has 0 spiro atoms. The van der Waals surface area contributed by atoms with Gasteiger partial charge < -0.3 is 14.8 Å². The fourth-order valence-electron chi connectivity index (χ4n) is 2.66. The van der Waals surface area contributed by atoms with Gasteiger partial charge in [-0.1, -0.05) is 18.2 Å². The van der Waals surface area contributed by atoms with Crippen LogP contribution in [0.15, 0.2) is 47.8 Å². The molecule has 1 amide bonds. The number of hydrogen-bond donors (Lipinski definition) is 1. The number of benzene rings is 2. The highest BCUT2D eigenvalue weighted by Gasteiger charge is 2.17. The SMILES string of the molecule is COc1cccc(-c2nc(C(=O)NCCc3cccc(F)c3)cs2)c1OC. The summed E-state index contributed by atoms with van der Waals surface area (Å²) in [5.74, 6) is 0.629. The Labute approximate surface area is 160 Å². The summed E-state index contributed by atoms with van der Waals surface area (Å²) in [5, 5.41) is 5.18. The molecule has 0 radical (unpaired) electrons. The van der Waals surface area contributed by atoms with Crippen LogP contribution in [0.3, 0.4) is 0 Å². The molecule has 140 valence electrons. The summed E-state index contributed by atoms with van der Waals surface area (Å²) in [6, 6.07) is 11.8. The molecule has 0 unspecified atom stereocenters. The summed E-state index contributed by atoms with van der Waals surface area (Å²) in [6.07, 6.45) is 0.546. The van der Waals surface area contributed by atoms with Crippen molar-refractivity contribution in [2.24, 2.45) is 0 Å². The van der Waals surface area contributed by atoms with E-state index in [0.717, 1.165) is 11.1 Å². The Morgan fingerprint density at radius 2 is 2.00 bits per heavy atom. The van der Waals surface area contributed by atoms with Crippen molar-refractivity contribution in [3.8, 4) is 22.1 Å². The van der Waals surface area contributed by atoms with Crippen molar-refractivity contribution in [1.29, 1.82) is 0 Å². The van der Waals surface area contributed by atoms with E-state index in [-0.39, 0.29) is 11.7 Å². The van der Waals surface area contributed by atoms with Crippen LogP contribution in [0.2, 0.25) is 0 Å². The molecule has 1 aromatic heterocycles. The fourth-order valence-corrected chi connectivity index (χ4v) is 3.48. The molecule has 0 bridgehead atoms. The van der Waals surface area contributed by atoms with Crippen LogP contribution in [0.4, 0.5) is 4.39 Å². The monoisotopic (exact) mass is 386 g/mol. The number of thiazole rings is 1. The third-order valence-electron chi connectivity index (χ3n) is 3.96. The van der Waals surface area contributed by atoms with Crippen molar-refractivity contribution in [3.05, 3.63) is 64.9 Å². The molecule has 7 heteroatoms. The zero-order valence-electron chi connectivity index (χ0n) is 15.0. The maximum absolute atomic E-state index is 13.2. The van der Waals surface area contributed by atoms with Crippen molar-refractivity contribution < 1.29 is 18.7 Å². The van der Waals surface area contributed by atoms with Crippen LogP contribution in [-0.2, 0) is 6.42 Å². The summed E-state index contributed by atoms with van der Waals surface area (Å²) in [6.45, 7) is 0.400. The Morgan fingerprint density at radius 1 is 1.19 bits per heavy atom. The maximum Gasteiger partial charge on any atom is 0.270 e. The summed E-state index contributed by atoms with van der Waals surface area (Å²) in [4.78, 5) is 16.7. The lowest BCUT2D eigenvalue weighted by molar-refractivity contribution is 0.0950. The van der Waals surface area contributed by atoms with Gasteiger partial charge in [0.15, 0.2) is 11.5 Å². The van der Waals surface area contributed by atoms with Gasteiger partial charge in [0.25, 0.3) is 5.91 Å². The predicted molar refractivity (Wildman–Crippen MR) is 103 cm³/mol. The van der Waals surface area contributed by atoms with Crippen LogP contribution in [-0.4, -0.2) is 31.7 Å². The van der Waals surface area contributed by atoms with Gasteiger partial charge in [-0.25, -0.2) is 9.37 Å². The molecule has 0 saturated carbocycles. The Hall–Kier alpha value is -2.93. The average molecular weight is 386 g/mol. The fraction of sp³-hybridized carbons (Fsp3) is 0.200. The van der Waals surface area contributed by atoms with E-state index in [1.165, 1.54) is 23.5 Å². The van der Waals surface area contributed by atoms with Crippen molar-refractivity contribution in [1.82, 2.24) is 10.3 Å². The van der Waals surface area contributed by atoms with Crippen molar-refractivity contribution >= 4 is 17.2 Å². The summed E-state index contributed by atoms with van der Waals surface area (Å²) in [7, 11) is 3.13. The average Bonchev–Trinajstić information content (AvgIpc) is 3.17. The van der Waals surface area contributed by atoms with E-state index in [1.807, 2.05) is 18.2 Å². The van der Waals surface area contributed by atoms with Crippen molar-refractivity contribution in [2.75, 3.05) is 20.8 Å². The number of rotatable bonds is 7. The molecule has 1 N–H and O–H groups in total. The number of methoxy groups -OCH3 is 2. The van der Waals surface area contributed by atoms with E-state index in [9.17, 15) is 9.18 Å². The van der Waals surface area contributed by atoms with Crippen LogP contribution in [0.1, 0.15) is 16.1 Å². The van der Waals surface area contributed by atoms with Crippen LogP contribution < -0.4 is 14.8 Å². The summed E-state index contributed by atoms with van der Waals surface area (Å²) >= 11 is 1.35. The van der Waals surface area contributed by atoms with E-state index in [4.69, 9.17) is 9.47 Å². The van der Waals surface area contributed by atoms with Gasteiger partial charge in [0.05, 0.1) is 19.8 Å². The normalized spacial score (nSPS) is 10.5. The second-order valence-electron chi connectivity index (χ2n) is 5.71. The predicted octanol–water partition coefficient (Wildman–Crippen LogP) is 3.94. The summed E-state index contributed by atoms with van der Waals surface area (Å²) in [5.41, 5.74) is 1.93. The number of nitrogens with zero attached hydrogens (tertiary/aromatic N) is 1. The lowest BCUT2D eigenvalue weighted by Crippen LogP contribution is -2.26. The number of carbonyl (C=O) groups excluding carboxylic acids is 1. The topological polar surface area (TPSA) is 60.5 Å². The zero-order chi connectivity index (χ0) is 19.2. The molecule has 2 aromatic carbocycles. The molecular formula is C20H19FN2O3S. The second-order valence-corrected chi connectivity index (χ2v) is 6.57. The minimum atomic E-state index is -0.282. The Bertz CT molecular complexity index is 942. The van der Waals surface area contributed by atoms with Crippen LogP contribution >= 0.6 is 11.3 Å². The van der Waals surface area contributed by atoms with Crippen LogP contribution in [0.5, 0.6) is 11.5 Å². The Morgan fingerprint density at radius 3 is 2.74 bits per heavy atom. The molecule has 1 heterocycles. The highest BCUT2D eigenvalue weighted by molar-refractivity contribution is 7.13. The summed E-state index contributed by atoms with van der Waals surface area (Å²) < 4.78 is 23.9. The molecule has 0 aliphatic rings. The van der Waals surface area contributed by atoms with E-state index in [1.54, 1.807) is 31.7 Å². The standard InChI is InChI=1S/C20H19FN2O3S/c1-25-17-8-4-7-15(18(17)26-2)20-23-16(12-27-20)19(24)22-10-9-13-5-3-6-14(21)11-13/h3-8,11-12H,9-10H2,1-2H3,(H,22,24). The third kappa shape index (κ3) is 4.43. The molecule has 3 rings (SSSR count). The number of carbonyl (C=O) groups is 1. The highest BCUT2D eigenvalue weighted by atomic mass is 32.1. The van der Waals surface area contributed by atoms with Gasteiger partial charge in [0.1, 0.15) is 16.5 Å². The van der Waals surface area contributed by atoms with Gasteiger partial charge in [0, 0.05) is 11.9 Å². The van der Waals surface area contributed by atoms with Crippen molar-refractivity contribution in [3.63, 3.8) is 0 Å². The first-order valence-electron chi connectivity index (χ1n) is 8.32. The lowest BCUT2D eigenvalue weighted by atomic mass is 10.1. The number of hydrogen-bond acceptors (Lipinski definition) is 5. The van der Waals surface area contributed by atoms with Gasteiger partial charge in [0.2, 0.25) is 0 Å². The number of ether oxygens (including phenoxy) is 2. The maximum atomic E-state index is 13.2. The first-order valence-corrected chi connectivity index (χ1v) is 9.20. The first kappa shape index (κ1) is 18.8. The molecule has 27 heavy (non-hydrogen) atoms. The van der Waals surface area contributed by atoms with Gasteiger partial charge >= 0.3 is 0 Å². The van der Waals surface area contributed by atoms with E-state index < -0.39 is 0 Å². The number of para-hydroxylation sites is 1. The third-order valence-corrected chi connectivity index (χ3v) is 4.83. The molecular weight excluding hydrogens is 367 g/mol. The minimum absolute atomic E-state index is 0.268. The van der Waals surface area contributed by atoms with Crippen molar-refractivity contribution in [2.45, 2.75) is 6.42 Å². The molecule has 3 aromatic rings. The van der Waals surface area contributed by atoms with Gasteiger partial charge in [-0.3, -0.25) is 4.79 Å². The quantitative estimate of drug-likeness (QED) is 0.668. The van der Waals surface area contributed by atoms with Crippen LogP contribution in [0, 0.1) is 5.82 Å². The van der Waals surface area contributed by atoms with E-state index in [0.29, 0.717) is 35.2 Å². The highest BCUT2D eigenvalue weighted by Crippen LogP contribution is 2.38.